The summed E-state index contributed by atoms with van der Waals surface area (Å²) in [5.41, 5.74) is -4.24. The molecule has 0 saturated carbocycles. The molecular formula is C13H10ClF3N2O3S. The van der Waals surface area contributed by atoms with E-state index in [4.69, 9.17) is 16.7 Å². The molecule has 1 aliphatic rings. The summed E-state index contributed by atoms with van der Waals surface area (Å²) >= 11 is 5.44. The molecule has 10 heteroatoms. The lowest BCUT2D eigenvalue weighted by Crippen LogP contribution is -2.34. The highest BCUT2D eigenvalue weighted by Crippen LogP contribution is 2.41. The fourth-order valence-electron chi connectivity index (χ4n) is 1.85. The van der Waals surface area contributed by atoms with Crippen LogP contribution >= 0.6 is 23.4 Å². The minimum atomic E-state index is -4.46. The number of β-amino-alcohol motifs (C(OH)–C–C–N with tert-alkyl or cyclic N) is 1. The summed E-state index contributed by atoms with van der Waals surface area (Å²) in [4.78, 5) is 24.2. The van der Waals surface area contributed by atoms with Gasteiger partial charge in [0.2, 0.25) is 0 Å². The Hall–Kier alpha value is -1.71. The SMILES string of the molecule is O=C1C=C(Nc2ccc(SC(F)(F)F)c(Cl)c2)C(=O)N1CCO. The van der Waals surface area contributed by atoms with E-state index in [2.05, 4.69) is 5.32 Å². The smallest absolute Gasteiger partial charge is 0.395 e. The number of anilines is 1. The van der Waals surface area contributed by atoms with Gasteiger partial charge in [0.15, 0.2) is 0 Å². The second-order valence-corrected chi connectivity index (χ2v) is 5.91. The molecule has 0 bridgehead atoms. The van der Waals surface area contributed by atoms with Crippen molar-refractivity contribution >= 4 is 40.9 Å². The van der Waals surface area contributed by atoms with E-state index in [1.807, 2.05) is 0 Å². The highest BCUT2D eigenvalue weighted by molar-refractivity contribution is 8.00. The molecule has 0 radical (unpaired) electrons. The first-order valence-electron chi connectivity index (χ1n) is 6.22. The number of halogens is 4. The molecule has 2 N–H and O–H groups in total. The Morgan fingerprint density at radius 3 is 2.57 bits per heavy atom. The lowest BCUT2D eigenvalue weighted by Gasteiger charge is -2.14. The van der Waals surface area contributed by atoms with E-state index >= 15 is 0 Å². The van der Waals surface area contributed by atoms with Gasteiger partial charge in [-0.2, -0.15) is 13.2 Å². The Labute approximate surface area is 138 Å². The standard InChI is InChI=1S/C13H10ClF3N2O3S/c14-8-5-7(1-2-10(8)23-13(15,16)17)18-9-6-11(21)19(3-4-20)12(9)22/h1-2,5-6,18,20H,3-4H2. The molecular weight excluding hydrogens is 357 g/mol. The maximum Gasteiger partial charge on any atom is 0.446 e. The first-order valence-corrected chi connectivity index (χ1v) is 7.41. The second kappa shape index (κ2) is 6.81. The predicted octanol–water partition coefficient (Wildman–Crippen LogP) is 2.61. The Kier molecular flexibility index (Phi) is 5.23. The lowest BCUT2D eigenvalue weighted by molar-refractivity contribution is -0.137. The summed E-state index contributed by atoms with van der Waals surface area (Å²) in [5, 5.41) is 11.3. The van der Waals surface area contributed by atoms with Crippen LogP contribution in [-0.4, -0.2) is 40.5 Å². The van der Waals surface area contributed by atoms with Crippen LogP contribution in [0, 0.1) is 0 Å². The van der Waals surface area contributed by atoms with Crippen LogP contribution in [0.5, 0.6) is 0 Å². The maximum absolute atomic E-state index is 12.3. The predicted molar refractivity (Wildman–Crippen MR) is 78.9 cm³/mol. The van der Waals surface area contributed by atoms with Gasteiger partial charge in [0.1, 0.15) is 5.70 Å². The van der Waals surface area contributed by atoms with E-state index in [-0.39, 0.29) is 46.2 Å². The first-order chi connectivity index (χ1) is 10.7. The molecule has 1 aliphatic heterocycles. The van der Waals surface area contributed by atoms with Crippen LogP contribution in [0.2, 0.25) is 5.02 Å². The number of aliphatic hydroxyl groups excluding tert-OH is 1. The summed E-state index contributed by atoms with van der Waals surface area (Å²) in [5.74, 6) is -1.21. The normalized spacial score (nSPS) is 15.2. The monoisotopic (exact) mass is 366 g/mol. The van der Waals surface area contributed by atoms with Gasteiger partial charge in [-0.3, -0.25) is 14.5 Å². The zero-order valence-corrected chi connectivity index (χ0v) is 12.9. The summed E-state index contributed by atoms with van der Waals surface area (Å²) < 4.78 is 37.0. The van der Waals surface area contributed by atoms with Crippen molar-refractivity contribution in [2.45, 2.75) is 10.4 Å². The van der Waals surface area contributed by atoms with Gasteiger partial charge in [0.25, 0.3) is 11.8 Å². The summed E-state index contributed by atoms with van der Waals surface area (Å²) in [6.45, 7) is -0.505. The van der Waals surface area contributed by atoms with Gasteiger partial charge in [-0.15, -0.1) is 0 Å². The minimum Gasteiger partial charge on any atom is -0.395 e. The molecule has 1 aromatic carbocycles. The number of imide groups is 1. The molecule has 0 unspecified atom stereocenters. The second-order valence-electron chi connectivity index (χ2n) is 4.39. The van der Waals surface area contributed by atoms with Gasteiger partial charge >= 0.3 is 5.51 Å². The maximum atomic E-state index is 12.3. The quantitative estimate of drug-likeness (QED) is 0.619. The lowest BCUT2D eigenvalue weighted by atomic mass is 10.3. The molecule has 0 atom stereocenters. The average Bonchev–Trinajstić information content (AvgIpc) is 2.69. The van der Waals surface area contributed by atoms with Crippen LogP contribution in [0.1, 0.15) is 0 Å². The van der Waals surface area contributed by atoms with Crippen LogP contribution in [0.25, 0.3) is 0 Å². The average molecular weight is 367 g/mol. The number of hydrogen-bond acceptors (Lipinski definition) is 5. The molecule has 0 spiro atoms. The minimum absolute atomic E-state index is 0.0456. The number of alkyl halides is 3. The van der Waals surface area contributed by atoms with E-state index in [0.29, 0.717) is 0 Å². The van der Waals surface area contributed by atoms with Crippen molar-refractivity contribution in [3.05, 3.63) is 35.0 Å². The number of carbonyl (C=O) groups excluding carboxylic acids is 2. The van der Waals surface area contributed by atoms with Gasteiger partial charge in [-0.05, 0) is 30.0 Å². The molecule has 23 heavy (non-hydrogen) atoms. The number of hydrogen-bond donors (Lipinski definition) is 2. The highest BCUT2D eigenvalue weighted by atomic mass is 35.5. The number of benzene rings is 1. The third-order valence-corrected chi connectivity index (χ3v) is 4.00. The fourth-order valence-corrected chi connectivity index (χ4v) is 2.69. The number of amides is 2. The summed E-state index contributed by atoms with van der Waals surface area (Å²) in [6.07, 6.45) is 1.05. The van der Waals surface area contributed by atoms with Crippen LogP contribution in [0.4, 0.5) is 18.9 Å². The third kappa shape index (κ3) is 4.40. The molecule has 2 rings (SSSR count). The van der Waals surface area contributed by atoms with Gasteiger partial charge in [-0.1, -0.05) is 11.6 Å². The van der Waals surface area contributed by atoms with Gasteiger partial charge < -0.3 is 10.4 Å². The number of aliphatic hydroxyl groups is 1. The van der Waals surface area contributed by atoms with Gasteiger partial charge in [0, 0.05) is 16.7 Å². The molecule has 0 aromatic heterocycles. The molecule has 0 saturated heterocycles. The third-order valence-electron chi connectivity index (χ3n) is 2.77. The molecule has 1 heterocycles. The molecule has 5 nitrogen and oxygen atoms in total. The molecule has 0 aliphatic carbocycles. The van der Waals surface area contributed by atoms with E-state index < -0.39 is 17.3 Å². The molecule has 0 fully saturated rings. The fraction of sp³-hybridized carbons (Fsp3) is 0.231. The van der Waals surface area contributed by atoms with Crippen molar-refractivity contribution in [2.75, 3.05) is 18.5 Å². The van der Waals surface area contributed by atoms with Gasteiger partial charge in [0.05, 0.1) is 18.2 Å². The topological polar surface area (TPSA) is 69.6 Å². The van der Waals surface area contributed by atoms with Crippen LogP contribution in [0.3, 0.4) is 0 Å². The largest absolute Gasteiger partial charge is 0.446 e. The van der Waals surface area contributed by atoms with Gasteiger partial charge in [-0.25, -0.2) is 0 Å². The van der Waals surface area contributed by atoms with E-state index in [0.717, 1.165) is 17.0 Å². The van der Waals surface area contributed by atoms with Crippen LogP contribution < -0.4 is 5.32 Å². The van der Waals surface area contributed by atoms with E-state index in [9.17, 15) is 22.8 Å². The van der Waals surface area contributed by atoms with E-state index in [1.54, 1.807) is 0 Å². The number of nitrogens with zero attached hydrogens (tertiary/aromatic N) is 1. The van der Waals surface area contributed by atoms with Crippen molar-refractivity contribution in [2.24, 2.45) is 0 Å². The van der Waals surface area contributed by atoms with Crippen molar-refractivity contribution in [3.63, 3.8) is 0 Å². The summed E-state index contributed by atoms with van der Waals surface area (Å²) in [6, 6.07) is 3.70. The molecule has 1 aromatic rings. The Morgan fingerprint density at radius 2 is 2.00 bits per heavy atom. The Bertz CT molecular complexity index is 679. The zero-order valence-electron chi connectivity index (χ0n) is 11.4. The number of carbonyl (C=O) groups is 2. The Morgan fingerprint density at radius 1 is 1.30 bits per heavy atom. The molecule has 124 valence electrons. The van der Waals surface area contributed by atoms with Crippen molar-refractivity contribution < 1.29 is 27.9 Å². The zero-order chi connectivity index (χ0) is 17.2. The number of thioether (sulfide) groups is 1. The van der Waals surface area contributed by atoms with Crippen LogP contribution in [-0.2, 0) is 9.59 Å². The highest BCUT2D eigenvalue weighted by Gasteiger charge is 2.32. The van der Waals surface area contributed by atoms with Crippen molar-refractivity contribution in [3.8, 4) is 0 Å². The number of rotatable bonds is 5. The van der Waals surface area contributed by atoms with E-state index in [1.165, 1.54) is 12.1 Å². The molecule has 2 amide bonds. The van der Waals surface area contributed by atoms with Crippen LogP contribution in [0.15, 0.2) is 34.9 Å². The summed E-state index contributed by atoms with van der Waals surface area (Å²) in [7, 11) is 0. The van der Waals surface area contributed by atoms with Crippen molar-refractivity contribution in [1.29, 1.82) is 0 Å². The van der Waals surface area contributed by atoms with Crippen molar-refractivity contribution in [1.82, 2.24) is 4.90 Å². The number of nitrogens with one attached hydrogen (secondary N) is 1. The first kappa shape index (κ1) is 17.6. The Balaban J connectivity index is 2.13.